The summed E-state index contributed by atoms with van der Waals surface area (Å²) in [4.78, 5) is 38.1. The van der Waals surface area contributed by atoms with Crippen LogP contribution in [0, 0.1) is 0 Å². The molecule has 2 aromatic rings. The largest absolute Gasteiger partial charge is 0.482 e. The molecule has 2 aromatic carbocycles. The first-order valence-corrected chi connectivity index (χ1v) is 9.53. The normalized spacial score (nSPS) is 16.8. The highest BCUT2D eigenvalue weighted by Crippen LogP contribution is 2.29. The molecular weight excluding hydrogens is 358 g/mol. The second kappa shape index (κ2) is 7.84. The molecule has 0 atom stereocenters. The first-order chi connectivity index (χ1) is 13.6. The Morgan fingerprint density at radius 1 is 0.893 bits per heavy atom. The van der Waals surface area contributed by atoms with E-state index in [9.17, 15) is 14.4 Å². The van der Waals surface area contributed by atoms with Crippen molar-refractivity contribution in [3.8, 4) is 5.75 Å². The summed E-state index contributed by atoms with van der Waals surface area (Å²) in [5, 5.41) is 0. The molecule has 0 aromatic heterocycles. The summed E-state index contributed by atoms with van der Waals surface area (Å²) in [6.45, 7) is -0.164. The minimum Gasteiger partial charge on any atom is -0.482 e. The maximum atomic E-state index is 12.5. The molecular formula is C22H21NO5. The second-order valence-corrected chi connectivity index (χ2v) is 7.02. The van der Waals surface area contributed by atoms with Crippen molar-refractivity contribution in [2.75, 3.05) is 11.5 Å². The monoisotopic (exact) mass is 379 g/mol. The quantitative estimate of drug-likeness (QED) is 0.584. The third kappa shape index (κ3) is 3.63. The summed E-state index contributed by atoms with van der Waals surface area (Å²) in [5.41, 5.74) is 1.26. The highest BCUT2D eigenvalue weighted by Gasteiger charge is 2.36. The van der Waals surface area contributed by atoms with Crippen molar-refractivity contribution in [3.63, 3.8) is 0 Å². The first kappa shape index (κ1) is 18.2. The van der Waals surface area contributed by atoms with Gasteiger partial charge in [-0.05, 0) is 62.1 Å². The van der Waals surface area contributed by atoms with Crippen LogP contribution >= 0.6 is 0 Å². The van der Waals surface area contributed by atoms with Gasteiger partial charge in [-0.2, -0.15) is 0 Å². The fourth-order valence-corrected chi connectivity index (χ4v) is 3.66. The number of amides is 2. The van der Waals surface area contributed by atoms with Crippen LogP contribution in [-0.4, -0.2) is 30.5 Å². The predicted octanol–water partition coefficient (Wildman–Crippen LogP) is 3.74. The fourth-order valence-electron chi connectivity index (χ4n) is 3.66. The molecule has 144 valence electrons. The number of hydrogen-bond acceptors (Lipinski definition) is 5. The van der Waals surface area contributed by atoms with E-state index < -0.39 is 0 Å². The Hall–Kier alpha value is -3.15. The lowest BCUT2D eigenvalue weighted by molar-refractivity contribution is -0.152. The Kier molecular flexibility index (Phi) is 5.10. The molecule has 1 fully saturated rings. The van der Waals surface area contributed by atoms with Gasteiger partial charge < -0.3 is 9.47 Å². The van der Waals surface area contributed by atoms with E-state index in [1.807, 2.05) is 0 Å². The van der Waals surface area contributed by atoms with Gasteiger partial charge in [-0.1, -0.05) is 18.6 Å². The standard InChI is InChI=1S/C22H21NO5/c24-20(28-17-6-2-1-3-7-17)14-27-16-12-10-15(11-13-16)23-21(25)18-8-4-5-9-19(18)22(23)26/h4-5,8-13,17H,1-3,6-7,14H2. The van der Waals surface area contributed by atoms with E-state index >= 15 is 0 Å². The number of esters is 1. The average molecular weight is 379 g/mol. The molecule has 2 aliphatic rings. The Morgan fingerprint density at radius 2 is 1.50 bits per heavy atom. The SMILES string of the molecule is O=C(COc1ccc(N2C(=O)c3ccccc3C2=O)cc1)OC1CCCCC1. The van der Waals surface area contributed by atoms with Crippen molar-refractivity contribution >= 4 is 23.5 Å². The summed E-state index contributed by atoms with van der Waals surface area (Å²) in [6.07, 6.45) is 5.22. The number of fused-ring (bicyclic) bond motifs is 1. The van der Waals surface area contributed by atoms with Crippen molar-refractivity contribution in [1.82, 2.24) is 0 Å². The first-order valence-electron chi connectivity index (χ1n) is 9.53. The van der Waals surface area contributed by atoms with Crippen LogP contribution in [0.3, 0.4) is 0 Å². The van der Waals surface area contributed by atoms with E-state index in [4.69, 9.17) is 9.47 Å². The van der Waals surface area contributed by atoms with Gasteiger partial charge in [0.2, 0.25) is 0 Å². The highest BCUT2D eigenvalue weighted by molar-refractivity contribution is 6.34. The number of benzene rings is 2. The third-order valence-electron chi connectivity index (χ3n) is 5.10. The number of nitrogens with zero attached hydrogens (tertiary/aromatic N) is 1. The van der Waals surface area contributed by atoms with Crippen molar-refractivity contribution in [1.29, 1.82) is 0 Å². The lowest BCUT2D eigenvalue weighted by Crippen LogP contribution is -2.29. The topological polar surface area (TPSA) is 72.9 Å². The van der Waals surface area contributed by atoms with Gasteiger partial charge in [0.1, 0.15) is 11.9 Å². The van der Waals surface area contributed by atoms with Gasteiger partial charge in [0.05, 0.1) is 16.8 Å². The smallest absolute Gasteiger partial charge is 0.344 e. The molecule has 2 amide bonds. The second-order valence-electron chi connectivity index (χ2n) is 7.02. The molecule has 0 N–H and O–H groups in total. The lowest BCUT2D eigenvalue weighted by atomic mass is 9.98. The maximum Gasteiger partial charge on any atom is 0.344 e. The zero-order valence-corrected chi connectivity index (χ0v) is 15.4. The Balaban J connectivity index is 1.36. The van der Waals surface area contributed by atoms with Gasteiger partial charge in [-0.25, -0.2) is 9.69 Å². The molecule has 28 heavy (non-hydrogen) atoms. The molecule has 6 nitrogen and oxygen atoms in total. The number of hydrogen-bond donors (Lipinski definition) is 0. The van der Waals surface area contributed by atoms with Crippen LogP contribution in [-0.2, 0) is 9.53 Å². The highest BCUT2D eigenvalue weighted by atomic mass is 16.6. The van der Waals surface area contributed by atoms with E-state index in [0.717, 1.165) is 30.6 Å². The number of carbonyl (C=O) groups is 3. The number of anilines is 1. The average Bonchev–Trinajstić information content (AvgIpc) is 2.98. The van der Waals surface area contributed by atoms with E-state index in [2.05, 4.69) is 0 Å². The van der Waals surface area contributed by atoms with Crippen LogP contribution in [0.15, 0.2) is 48.5 Å². The van der Waals surface area contributed by atoms with Crippen molar-refractivity contribution in [2.45, 2.75) is 38.2 Å². The van der Waals surface area contributed by atoms with Gasteiger partial charge in [-0.3, -0.25) is 9.59 Å². The molecule has 4 rings (SSSR count). The molecule has 1 aliphatic carbocycles. The van der Waals surface area contributed by atoms with Crippen molar-refractivity contribution in [2.24, 2.45) is 0 Å². The molecule has 1 saturated carbocycles. The van der Waals surface area contributed by atoms with E-state index in [-0.39, 0.29) is 30.5 Å². The molecule has 1 heterocycles. The van der Waals surface area contributed by atoms with Crippen molar-refractivity contribution in [3.05, 3.63) is 59.7 Å². The molecule has 6 heteroatoms. The predicted molar refractivity (Wildman–Crippen MR) is 102 cm³/mol. The van der Waals surface area contributed by atoms with Crippen LogP contribution in [0.25, 0.3) is 0 Å². The molecule has 0 bridgehead atoms. The van der Waals surface area contributed by atoms with Gasteiger partial charge in [-0.15, -0.1) is 0 Å². The zero-order valence-electron chi connectivity index (χ0n) is 15.4. The zero-order chi connectivity index (χ0) is 19.5. The minimum absolute atomic E-state index is 0.000972. The van der Waals surface area contributed by atoms with Gasteiger partial charge in [0, 0.05) is 0 Å². The van der Waals surface area contributed by atoms with E-state index in [1.54, 1.807) is 48.5 Å². The Labute approximate surface area is 163 Å². The third-order valence-corrected chi connectivity index (χ3v) is 5.10. The van der Waals surface area contributed by atoms with Gasteiger partial charge in [0.25, 0.3) is 11.8 Å². The molecule has 0 saturated heterocycles. The molecule has 0 radical (unpaired) electrons. The summed E-state index contributed by atoms with van der Waals surface area (Å²) in [5.74, 6) is -0.590. The number of rotatable bonds is 5. The Morgan fingerprint density at radius 3 is 2.11 bits per heavy atom. The summed E-state index contributed by atoms with van der Waals surface area (Å²) >= 11 is 0. The maximum absolute atomic E-state index is 12.5. The fraction of sp³-hybridized carbons (Fsp3) is 0.318. The lowest BCUT2D eigenvalue weighted by Gasteiger charge is -2.21. The van der Waals surface area contributed by atoms with Gasteiger partial charge in [0.15, 0.2) is 6.61 Å². The van der Waals surface area contributed by atoms with Crippen LogP contribution in [0.5, 0.6) is 5.75 Å². The van der Waals surface area contributed by atoms with Crippen LogP contribution in [0.1, 0.15) is 52.8 Å². The van der Waals surface area contributed by atoms with Crippen LogP contribution < -0.4 is 9.64 Å². The summed E-state index contributed by atoms with van der Waals surface area (Å²) in [7, 11) is 0. The Bertz CT molecular complexity index is 864. The number of ether oxygens (including phenoxy) is 2. The molecule has 0 unspecified atom stereocenters. The summed E-state index contributed by atoms with van der Waals surface area (Å²) < 4.78 is 10.9. The molecule has 0 spiro atoms. The van der Waals surface area contributed by atoms with E-state index in [0.29, 0.717) is 22.6 Å². The van der Waals surface area contributed by atoms with Crippen molar-refractivity contribution < 1.29 is 23.9 Å². The number of carbonyl (C=O) groups excluding carboxylic acids is 3. The van der Waals surface area contributed by atoms with E-state index in [1.165, 1.54) is 6.42 Å². The van der Waals surface area contributed by atoms with Gasteiger partial charge >= 0.3 is 5.97 Å². The minimum atomic E-state index is -0.378. The number of imide groups is 1. The van der Waals surface area contributed by atoms with Crippen LogP contribution in [0.4, 0.5) is 5.69 Å². The summed E-state index contributed by atoms with van der Waals surface area (Å²) in [6, 6.07) is 13.3. The molecule has 1 aliphatic heterocycles. The van der Waals surface area contributed by atoms with Crippen LogP contribution in [0.2, 0.25) is 0 Å².